The Labute approximate surface area is 175 Å². The lowest BCUT2D eigenvalue weighted by Gasteiger charge is -2.22. The van der Waals surface area contributed by atoms with E-state index in [1.54, 1.807) is 25.7 Å². The average Bonchev–Trinajstić information content (AvgIpc) is 3.22. The lowest BCUT2D eigenvalue weighted by Crippen LogP contribution is -2.40. The number of alkyl halides is 3. The summed E-state index contributed by atoms with van der Waals surface area (Å²) < 4.78 is 50.3. The van der Waals surface area contributed by atoms with Crippen LogP contribution in [0.5, 0.6) is 0 Å². The van der Waals surface area contributed by atoms with Gasteiger partial charge in [-0.2, -0.15) is 13.2 Å². The largest absolute Gasteiger partial charge is 0.465 e. The van der Waals surface area contributed by atoms with Gasteiger partial charge in [0.05, 0.1) is 28.9 Å². The molecule has 3 rings (SSSR count). The number of carbonyl (C=O) groups is 2. The number of hydrogen-bond donors (Lipinski definition) is 1. The fraction of sp³-hybridized carbons (Fsp3) is 0.526. The third-order valence-corrected chi connectivity index (χ3v) is 5.72. The Morgan fingerprint density at radius 2 is 2.00 bits per heavy atom. The molecule has 7 nitrogen and oxygen atoms in total. The van der Waals surface area contributed by atoms with Gasteiger partial charge in [-0.15, -0.1) is 11.3 Å². The fourth-order valence-corrected chi connectivity index (χ4v) is 4.56. The van der Waals surface area contributed by atoms with Gasteiger partial charge in [-0.05, 0) is 33.3 Å². The smallest absolute Gasteiger partial charge is 0.417 e. The fourth-order valence-electron chi connectivity index (χ4n) is 3.25. The molecule has 0 saturated carbocycles. The van der Waals surface area contributed by atoms with Crippen molar-refractivity contribution < 1.29 is 32.2 Å². The zero-order chi connectivity index (χ0) is 22.3. The van der Waals surface area contributed by atoms with Crippen molar-refractivity contribution >= 4 is 38.6 Å². The summed E-state index contributed by atoms with van der Waals surface area (Å²) in [6.45, 7) is 6.01. The van der Waals surface area contributed by atoms with Gasteiger partial charge < -0.3 is 19.7 Å². The predicted octanol–water partition coefficient (Wildman–Crippen LogP) is 4.21. The van der Waals surface area contributed by atoms with Crippen molar-refractivity contribution in [3.63, 3.8) is 0 Å². The summed E-state index contributed by atoms with van der Waals surface area (Å²) in [4.78, 5) is 30.2. The topological polar surface area (TPSA) is 80.8 Å². The van der Waals surface area contributed by atoms with Gasteiger partial charge in [-0.1, -0.05) is 0 Å². The number of methoxy groups -OCH3 is 1. The summed E-state index contributed by atoms with van der Waals surface area (Å²) in [5, 5.41) is 3.10. The molecule has 30 heavy (non-hydrogen) atoms. The van der Waals surface area contributed by atoms with Gasteiger partial charge in [-0.25, -0.2) is 9.59 Å². The molecule has 1 saturated heterocycles. The van der Waals surface area contributed by atoms with Crippen LogP contribution >= 0.6 is 11.3 Å². The second-order valence-electron chi connectivity index (χ2n) is 7.89. The van der Waals surface area contributed by atoms with Crippen molar-refractivity contribution in [3.8, 4) is 0 Å². The number of hydrogen-bond acceptors (Lipinski definition) is 7. The number of ether oxygens (including phenoxy) is 2. The third-order valence-electron chi connectivity index (χ3n) is 4.45. The second-order valence-corrected chi connectivity index (χ2v) is 8.88. The van der Waals surface area contributed by atoms with E-state index in [0.29, 0.717) is 24.5 Å². The van der Waals surface area contributed by atoms with E-state index in [0.717, 1.165) is 23.6 Å². The molecule has 1 fully saturated rings. The maximum Gasteiger partial charge on any atom is 0.417 e. The minimum Gasteiger partial charge on any atom is -0.465 e. The maximum atomic E-state index is 13.4. The minimum atomic E-state index is -4.58. The van der Waals surface area contributed by atoms with Gasteiger partial charge in [-0.3, -0.25) is 4.98 Å². The first-order chi connectivity index (χ1) is 13.9. The van der Waals surface area contributed by atoms with E-state index in [1.807, 2.05) is 0 Å². The number of aromatic nitrogens is 1. The Balaban J connectivity index is 1.92. The van der Waals surface area contributed by atoms with E-state index in [2.05, 4.69) is 10.3 Å². The number of anilines is 1. The van der Waals surface area contributed by atoms with Gasteiger partial charge >= 0.3 is 18.2 Å². The average molecular weight is 445 g/mol. The Morgan fingerprint density at radius 3 is 2.60 bits per heavy atom. The molecule has 0 aliphatic carbocycles. The van der Waals surface area contributed by atoms with Gasteiger partial charge in [0, 0.05) is 19.3 Å². The lowest BCUT2D eigenvalue weighted by atomic mass is 10.2. The first-order valence-corrected chi connectivity index (χ1v) is 10.0. The SMILES string of the molecule is COC(=O)c1c(N2CCC(NC(=O)OC(C)(C)C)C2)sc2c(C(F)(F)F)ccnc12. The summed E-state index contributed by atoms with van der Waals surface area (Å²) in [6, 6.07) is 0.617. The molecule has 1 amide bonds. The number of fused-ring (bicyclic) bond motifs is 1. The molecule has 0 radical (unpaired) electrons. The number of alkyl carbamates (subject to hydrolysis) is 1. The minimum absolute atomic E-state index is 0.00141. The van der Waals surface area contributed by atoms with E-state index >= 15 is 0 Å². The molecule has 0 aromatic carbocycles. The van der Waals surface area contributed by atoms with Crippen LogP contribution in [0.3, 0.4) is 0 Å². The number of pyridine rings is 1. The molecule has 1 atom stereocenters. The molecule has 11 heteroatoms. The highest BCUT2D eigenvalue weighted by Gasteiger charge is 2.37. The van der Waals surface area contributed by atoms with Crippen LogP contribution < -0.4 is 10.2 Å². The van der Waals surface area contributed by atoms with Crippen LogP contribution in [0.25, 0.3) is 10.2 Å². The molecule has 0 bridgehead atoms. The van der Waals surface area contributed by atoms with Crippen LogP contribution in [-0.4, -0.2) is 48.9 Å². The van der Waals surface area contributed by atoms with Crippen LogP contribution in [0.4, 0.5) is 23.0 Å². The Bertz CT molecular complexity index is 968. The van der Waals surface area contributed by atoms with Crippen molar-refractivity contribution in [1.82, 2.24) is 10.3 Å². The monoisotopic (exact) mass is 445 g/mol. The number of carbonyl (C=O) groups excluding carboxylic acids is 2. The van der Waals surface area contributed by atoms with E-state index in [1.165, 1.54) is 7.11 Å². The molecule has 0 spiro atoms. The number of halogens is 3. The number of nitrogens with one attached hydrogen (secondary N) is 1. The molecule has 1 N–H and O–H groups in total. The molecular weight excluding hydrogens is 423 g/mol. The van der Waals surface area contributed by atoms with Gasteiger partial charge in [0.1, 0.15) is 16.2 Å². The van der Waals surface area contributed by atoms with Crippen LogP contribution in [0, 0.1) is 0 Å². The summed E-state index contributed by atoms with van der Waals surface area (Å²) in [6.07, 6.45) is -3.57. The normalized spacial score (nSPS) is 17.3. The summed E-state index contributed by atoms with van der Waals surface area (Å²) >= 11 is 0.848. The van der Waals surface area contributed by atoms with Crippen LogP contribution in [0.15, 0.2) is 12.3 Å². The molecular formula is C19H22F3N3O4S. The zero-order valence-electron chi connectivity index (χ0n) is 16.9. The molecule has 2 aromatic rings. The molecule has 3 heterocycles. The summed E-state index contributed by atoms with van der Waals surface area (Å²) in [7, 11) is 1.17. The van der Waals surface area contributed by atoms with Crippen LogP contribution in [0.2, 0.25) is 0 Å². The van der Waals surface area contributed by atoms with Crippen molar-refractivity contribution in [2.75, 3.05) is 25.1 Å². The Morgan fingerprint density at radius 1 is 1.30 bits per heavy atom. The highest BCUT2D eigenvalue weighted by molar-refractivity contribution is 7.23. The number of thiophene rings is 1. The van der Waals surface area contributed by atoms with E-state index < -0.39 is 29.4 Å². The van der Waals surface area contributed by atoms with Crippen molar-refractivity contribution in [1.29, 1.82) is 0 Å². The number of nitrogens with zero attached hydrogens (tertiary/aromatic N) is 2. The Hall–Kier alpha value is -2.56. The molecule has 2 aromatic heterocycles. The van der Waals surface area contributed by atoms with Crippen molar-refractivity contribution in [2.24, 2.45) is 0 Å². The highest BCUT2D eigenvalue weighted by atomic mass is 32.1. The Kier molecular flexibility index (Phi) is 5.85. The van der Waals surface area contributed by atoms with Gasteiger partial charge in [0.25, 0.3) is 0 Å². The molecule has 164 valence electrons. The predicted molar refractivity (Wildman–Crippen MR) is 106 cm³/mol. The maximum absolute atomic E-state index is 13.4. The van der Waals surface area contributed by atoms with Crippen molar-refractivity contribution in [3.05, 3.63) is 23.4 Å². The number of amides is 1. The molecule has 1 aliphatic rings. The van der Waals surface area contributed by atoms with E-state index in [9.17, 15) is 22.8 Å². The van der Waals surface area contributed by atoms with E-state index in [-0.39, 0.29) is 21.8 Å². The summed E-state index contributed by atoms with van der Waals surface area (Å²) in [5.41, 5.74) is -1.54. The number of esters is 1. The van der Waals surface area contributed by atoms with Crippen molar-refractivity contribution in [2.45, 2.75) is 45.0 Å². The standard InChI is InChI=1S/C19H22F3N3O4S/c1-18(2,3)29-17(27)24-10-6-8-25(9-10)15-12(16(26)28-4)13-14(30-15)11(5-7-23-13)19(20,21)22/h5,7,10H,6,8-9H2,1-4H3,(H,24,27). The third kappa shape index (κ3) is 4.61. The van der Waals surface area contributed by atoms with Gasteiger partial charge in [0.15, 0.2) is 0 Å². The molecule has 1 unspecified atom stereocenters. The highest BCUT2D eigenvalue weighted by Crippen LogP contribution is 2.44. The van der Waals surface area contributed by atoms with E-state index in [4.69, 9.17) is 9.47 Å². The van der Waals surface area contributed by atoms with Gasteiger partial charge in [0.2, 0.25) is 0 Å². The quantitative estimate of drug-likeness (QED) is 0.713. The first-order valence-electron chi connectivity index (χ1n) is 9.22. The first kappa shape index (κ1) is 22.1. The van der Waals surface area contributed by atoms with Crippen LogP contribution in [-0.2, 0) is 15.7 Å². The zero-order valence-corrected chi connectivity index (χ0v) is 17.7. The number of rotatable bonds is 3. The van der Waals surface area contributed by atoms with Crippen LogP contribution in [0.1, 0.15) is 43.1 Å². The lowest BCUT2D eigenvalue weighted by molar-refractivity contribution is -0.136. The summed E-state index contributed by atoms with van der Waals surface area (Å²) in [5.74, 6) is -0.758. The molecule has 1 aliphatic heterocycles. The second kappa shape index (κ2) is 7.93.